The summed E-state index contributed by atoms with van der Waals surface area (Å²) in [6, 6.07) is -0.475. The number of aliphatic hydroxyl groups is 3. The van der Waals surface area contributed by atoms with Gasteiger partial charge in [-0.3, -0.25) is 9.59 Å². The van der Waals surface area contributed by atoms with Crippen LogP contribution in [0.2, 0.25) is 0 Å². The largest absolute Gasteiger partial charge is 0.462 e. The van der Waals surface area contributed by atoms with E-state index in [-0.39, 0.29) is 30.9 Å². The van der Waals surface area contributed by atoms with Gasteiger partial charge in [0.25, 0.3) is 0 Å². The van der Waals surface area contributed by atoms with Crippen LogP contribution in [-0.4, -0.2) is 182 Å². The molecule has 0 bridgehead atoms. The predicted octanol–water partition coefficient (Wildman–Crippen LogP) is 2.90. The highest BCUT2D eigenvalue weighted by molar-refractivity contribution is 5.70. The topological polar surface area (TPSA) is 201 Å². The second kappa shape index (κ2) is 23.7. The first-order chi connectivity index (χ1) is 29.2. The summed E-state index contributed by atoms with van der Waals surface area (Å²) >= 11 is 0. The first kappa shape index (κ1) is 52.2. The van der Waals surface area contributed by atoms with Crippen molar-refractivity contribution in [3.63, 3.8) is 0 Å². The zero-order valence-corrected chi connectivity index (χ0v) is 38.9. The molecular weight excluding hydrogens is 808 g/mol. The van der Waals surface area contributed by atoms with Gasteiger partial charge in [-0.2, -0.15) is 0 Å². The summed E-state index contributed by atoms with van der Waals surface area (Å²) in [5, 5.41) is 33.3. The number of esters is 2. The van der Waals surface area contributed by atoms with Crippen molar-refractivity contribution >= 4 is 18.2 Å². The molecule has 62 heavy (non-hydrogen) atoms. The summed E-state index contributed by atoms with van der Waals surface area (Å²) in [5.74, 6) is -2.18. The fourth-order valence-electron chi connectivity index (χ4n) is 9.39. The Hall–Kier alpha value is -2.39. The smallest absolute Gasteiger partial charge is 0.308 e. The predicted molar refractivity (Wildman–Crippen MR) is 226 cm³/mol. The van der Waals surface area contributed by atoms with E-state index in [0.29, 0.717) is 19.3 Å². The molecule has 4 aliphatic rings. The van der Waals surface area contributed by atoms with Gasteiger partial charge in [0, 0.05) is 39.3 Å². The van der Waals surface area contributed by atoms with Gasteiger partial charge in [0.1, 0.15) is 30.7 Å². The van der Waals surface area contributed by atoms with E-state index in [2.05, 4.69) is 4.90 Å². The second-order valence-electron chi connectivity index (χ2n) is 18.4. The van der Waals surface area contributed by atoms with Gasteiger partial charge < -0.3 is 72.5 Å². The number of ether oxygens (including phenoxy) is 9. The van der Waals surface area contributed by atoms with Crippen LogP contribution in [0.3, 0.4) is 0 Å². The number of aliphatic hydroxyl groups excluding tert-OH is 2. The van der Waals surface area contributed by atoms with Gasteiger partial charge >= 0.3 is 11.9 Å². The quantitative estimate of drug-likeness (QED) is 0.191. The van der Waals surface area contributed by atoms with Crippen LogP contribution in [0.25, 0.3) is 0 Å². The summed E-state index contributed by atoms with van der Waals surface area (Å²) in [6.45, 7) is 12.0. The van der Waals surface area contributed by atoms with E-state index in [1.165, 1.54) is 21.0 Å². The van der Waals surface area contributed by atoms with Crippen LogP contribution in [-0.2, 0) is 57.0 Å². The molecule has 4 aliphatic heterocycles. The van der Waals surface area contributed by atoms with Crippen molar-refractivity contribution in [3.05, 3.63) is 24.3 Å². The van der Waals surface area contributed by atoms with E-state index in [1.807, 2.05) is 57.1 Å². The Morgan fingerprint density at radius 1 is 0.887 bits per heavy atom. The first-order valence-electron chi connectivity index (χ1n) is 22.2. The Kier molecular flexibility index (Phi) is 20.0. The zero-order chi connectivity index (χ0) is 46.1. The monoisotopic (exact) mass is 885 g/mol. The van der Waals surface area contributed by atoms with Crippen LogP contribution in [0.1, 0.15) is 93.4 Å². The number of allylic oxidation sites excluding steroid dienone is 2. The molecule has 0 spiro atoms. The molecule has 3 saturated heterocycles. The Morgan fingerprint density at radius 2 is 1.58 bits per heavy atom. The maximum absolute atomic E-state index is 13.2. The number of nitrogens with zero attached hydrogens (tertiary/aromatic N) is 2. The van der Waals surface area contributed by atoms with Crippen LogP contribution in [0.4, 0.5) is 0 Å². The molecule has 0 aromatic rings. The fourth-order valence-corrected chi connectivity index (χ4v) is 9.39. The molecule has 19 atom stereocenters. The number of carbonyl (C=O) groups is 3. The lowest BCUT2D eigenvalue weighted by atomic mass is 9.82. The van der Waals surface area contributed by atoms with Crippen molar-refractivity contribution in [2.24, 2.45) is 11.8 Å². The summed E-state index contributed by atoms with van der Waals surface area (Å²) in [7, 11) is 9.03. The van der Waals surface area contributed by atoms with Gasteiger partial charge in [0.05, 0.1) is 54.7 Å². The highest BCUT2D eigenvalue weighted by Crippen LogP contribution is 2.38. The molecule has 0 unspecified atom stereocenters. The van der Waals surface area contributed by atoms with Gasteiger partial charge in [-0.25, -0.2) is 0 Å². The molecule has 0 saturated carbocycles. The number of carbonyl (C=O) groups excluding carboxylic acids is 3. The minimum Gasteiger partial charge on any atom is -0.462 e. The average molecular weight is 885 g/mol. The standard InChI is InChI=1S/C45H76N2O15/c1-25-22-31(20-21-48)40(62-44-42(59-30(6)49)38(47(10)11)39(28(4)58-44)61-37-24-45(7,53)43(52)29(5)57-37)41(54-12)33(50)23-35(51)55-26(2)16-14-13-15-17-34(25)60-36-19-18-32(46(8)9)27(3)56-36/h13-15,17,21,25-29,31-34,36-44,50,52-53H,16,18-20,22-24H2,1-12H3/b14-13+,17-15+/t25-,26-,27+,28-,29+,31+,32+,33-,34+,36-,37-,38+,39+,40+,41+,42+,43-,44+,45+/m1/s1. The summed E-state index contributed by atoms with van der Waals surface area (Å²) in [5.41, 5.74) is -1.50. The molecule has 0 radical (unpaired) electrons. The minimum absolute atomic E-state index is 0.0345. The van der Waals surface area contributed by atoms with Crippen LogP contribution < -0.4 is 0 Å². The average Bonchev–Trinajstić information content (AvgIpc) is 3.16. The first-order valence-corrected chi connectivity index (χ1v) is 22.2. The van der Waals surface area contributed by atoms with Crippen molar-refractivity contribution in [2.45, 2.75) is 197 Å². The maximum Gasteiger partial charge on any atom is 0.308 e. The number of likely N-dealkylation sites (N-methyl/N-ethyl adjacent to an activating group) is 2. The molecule has 0 aliphatic carbocycles. The lowest BCUT2D eigenvalue weighted by Gasteiger charge is -2.50. The van der Waals surface area contributed by atoms with E-state index in [1.54, 1.807) is 34.9 Å². The number of hydrogen-bond donors (Lipinski definition) is 3. The normalized spacial score (nSPS) is 44.0. The third-order valence-corrected chi connectivity index (χ3v) is 12.7. The summed E-state index contributed by atoms with van der Waals surface area (Å²) in [4.78, 5) is 42.6. The SMILES string of the molecule is CO[C@@H]1[C@@H](O[C@@H]2O[C@H](C)[C@H](O[C@@H]3C[C@](C)(O)[C@H](O)[C@H](C)O3)[C@H](N(C)C)[C@@H]2OC(C)=O)[C@@H](CC=O)C[C@@H](C)[C@@H](O[C@@H]2CC[C@H](N(C)C)[C@H](C)O2)/C=C/C=C/C[C@@H](C)OC(=O)C[C@H]1O. The third-order valence-electron chi connectivity index (χ3n) is 12.7. The van der Waals surface area contributed by atoms with E-state index in [4.69, 9.17) is 42.6 Å². The van der Waals surface area contributed by atoms with E-state index >= 15 is 0 Å². The lowest BCUT2D eigenvalue weighted by molar-refractivity contribution is -0.344. The number of methoxy groups -OCH3 is 1. The highest BCUT2D eigenvalue weighted by Gasteiger charge is 2.53. The van der Waals surface area contributed by atoms with Crippen molar-refractivity contribution < 1.29 is 72.3 Å². The molecule has 0 amide bonds. The van der Waals surface area contributed by atoms with Gasteiger partial charge in [0.2, 0.25) is 0 Å². The van der Waals surface area contributed by atoms with Crippen LogP contribution in [0.15, 0.2) is 24.3 Å². The van der Waals surface area contributed by atoms with Crippen molar-refractivity contribution in [3.8, 4) is 0 Å². The summed E-state index contributed by atoms with van der Waals surface area (Å²) < 4.78 is 56.6. The van der Waals surface area contributed by atoms with Crippen molar-refractivity contribution in [1.82, 2.24) is 9.80 Å². The third kappa shape index (κ3) is 14.1. The molecule has 4 heterocycles. The molecule has 0 aromatic carbocycles. The van der Waals surface area contributed by atoms with Gasteiger partial charge in [-0.05, 0) is 93.9 Å². The van der Waals surface area contributed by atoms with E-state index in [0.717, 1.165) is 12.7 Å². The second-order valence-corrected chi connectivity index (χ2v) is 18.4. The molecule has 17 nitrogen and oxygen atoms in total. The number of rotatable bonds is 12. The Labute approximate surface area is 368 Å². The number of cyclic esters (lactones) is 1. The van der Waals surface area contributed by atoms with Crippen molar-refractivity contribution in [1.29, 1.82) is 0 Å². The highest BCUT2D eigenvalue weighted by atomic mass is 16.7. The summed E-state index contributed by atoms with van der Waals surface area (Å²) in [6.07, 6.45) is -1.89. The number of aldehydes is 1. The maximum atomic E-state index is 13.2. The molecule has 4 rings (SSSR count). The van der Waals surface area contributed by atoms with Gasteiger partial charge in [-0.1, -0.05) is 31.2 Å². The molecule has 17 heteroatoms. The molecular formula is C45H76N2O15. The fraction of sp³-hybridized carbons (Fsp3) is 0.844. The Morgan fingerprint density at radius 3 is 2.18 bits per heavy atom. The molecule has 0 aromatic heterocycles. The molecule has 356 valence electrons. The van der Waals surface area contributed by atoms with E-state index < -0.39 is 116 Å². The molecule has 3 N–H and O–H groups in total. The number of hydrogen-bond acceptors (Lipinski definition) is 17. The molecule has 3 fully saturated rings. The van der Waals surface area contributed by atoms with E-state index in [9.17, 15) is 29.7 Å². The van der Waals surface area contributed by atoms with Crippen LogP contribution in [0.5, 0.6) is 0 Å². The van der Waals surface area contributed by atoms with Crippen LogP contribution in [0, 0.1) is 11.8 Å². The Bertz CT molecular complexity index is 1480. The van der Waals surface area contributed by atoms with Crippen molar-refractivity contribution in [2.75, 3.05) is 35.3 Å². The minimum atomic E-state index is -1.50. The van der Waals surface area contributed by atoms with Gasteiger partial charge in [0.15, 0.2) is 25.0 Å². The zero-order valence-electron chi connectivity index (χ0n) is 38.9. The Balaban J connectivity index is 1.73. The van der Waals surface area contributed by atoms with Gasteiger partial charge in [-0.15, -0.1) is 0 Å². The van der Waals surface area contributed by atoms with Crippen LogP contribution >= 0.6 is 0 Å². The lowest BCUT2D eigenvalue weighted by Crippen LogP contribution is -2.66.